The van der Waals surface area contributed by atoms with Crippen LogP contribution in [0, 0.1) is 5.82 Å². The number of urea groups is 1. The first-order chi connectivity index (χ1) is 12.7. The molecule has 0 saturated carbocycles. The standard InChI is InChI=1S/C19H22FN5O/c1-2-7-21-19(26)24-11-9-23(10-12-24)18-17-4-3-8-25(17)16-6-5-14(20)13-15(16)22-18/h3-6,8,13H,2,7,9-12H2,1H3,(H,21,26). The molecule has 3 heterocycles. The Balaban J connectivity index is 1.61. The van der Waals surface area contributed by atoms with Crippen molar-refractivity contribution in [3.05, 3.63) is 42.3 Å². The zero-order valence-electron chi connectivity index (χ0n) is 14.8. The fraction of sp³-hybridized carbons (Fsp3) is 0.368. The molecule has 4 rings (SSSR count). The van der Waals surface area contributed by atoms with Crippen LogP contribution >= 0.6 is 0 Å². The highest BCUT2D eigenvalue weighted by Crippen LogP contribution is 2.26. The van der Waals surface area contributed by atoms with Gasteiger partial charge in [-0.2, -0.15) is 0 Å². The van der Waals surface area contributed by atoms with E-state index in [1.54, 1.807) is 6.07 Å². The van der Waals surface area contributed by atoms with E-state index in [0.29, 0.717) is 38.2 Å². The molecule has 0 radical (unpaired) electrons. The molecule has 0 spiro atoms. The van der Waals surface area contributed by atoms with Gasteiger partial charge in [-0.1, -0.05) is 6.92 Å². The van der Waals surface area contributed by atoms with Crippen LogP contribution in [0.5, 0.6) is 0 Å². The second-order valence-electron chi connectivity index (χ2n) is 6.54. The lowest BCUT2D eigenvalue weighted by molar-refractivity contribution is 0.194. The van der Waals surface area contributed by atoms with Crippen LogP contribution in [0.25, 0.3) is 16.6 Å². The summed E-state index contributed by atoms with van der Waals surface area (Å²) < 4.78 is 15.7. The first-order valence-electron chi connectivity index (χ1n) is 9.01. The fourth-order valence-electron chi connectivity index (χ4n) is 3.43. The predicted molar refractivity (Wildman–Crippen MR) is 100 cm³/mol. The van der Waals surface area contributed by atoms with Crippen molar-refractivity contribution in [2.45, 2.75) is 13.3 Å². The van der Waals surface area contributed by atoms with E-state index in [1.165, 1.54) is 12.1 Å². The summed E-state index contributed by atoms with van der Waals surface area (Å²) in [5, 5.41) is 2.92. The molecule has 0 bridgehead atoms. The molecule has 1 aliphatic rings. The first kappa shape index (κ1) is 16.6. The maximum absolute atomic E-state index is 13.7. The number of hydrogen-bond donors (Lipinski definition) is 1. The Kier molecular flexibility index (Phi) is 4.36. The number of carbonyl (C=O) groups is 1. The molecule has 1 aliphatic heterocycles. The van der Waals surface area contributed by atoms with Crippen LogP contribution in [0.4, 0.5) is 15.0 Å². The van der Waals surface area contributed by atoms with Crippen molar-refractivity contribution < 1.29 is 9.18 Å². The molecule has 2 aromatic heterocycles. The molecular formula is C19H22FN5O. The topological polar surface area (TPSA) is 52.9 Å². The highest BCUT2D eigenvalue weighted by atomic mass is 19.1. The van der Waals surface area contributed by atoms with Crippen molar-refractivity contribution >= 4 is 28.4 Å². The summed E-state index contributed by atoms with van der Waals surface area (Å²) in [5.74, 6) is 0.543. The molecule has 1 saturated heterocycles. The summed E-state index contributed by atoms with van der Waals surface area (Å²) in [6.45, 7) is 5.43. The largest absolute Gasteiger partial charge is 0.351 e. The SMILES string of the molecule is CCCNC(=O)N1CCN(c2nc3cc(F)ccc3n3cccc23)CC1. The molecule has 7 heteroatoms. The highest BCUT2D eigenvalue weighted by Gasteiger charge is 2.23. The number of anilines is 1. The number of nitrogens with zero attached hydrogens (tertiary/aromatic N) is 4. The van der Waals surface area contributed by atoms with Gasteiger partial charge in [0.25, 0.3) is 0 Å². The second kappa shape index (κ2) is 6.82. The number of piperazine rings is 1. The van der Waals surface area contributed by atoms with Gasteiger partial charge in [0.1, 0.15) is 5.82 Å². The number of halogens is 1. The molecule has 1 N–H and O–H groups in total. The Morgan fingerprint density at radius 3 is 2.77 bits per heavy atom. The van der Waals surface area contributed by atoms with Crippen LogP contribution < -0.4 is 10.2 Å². The van der Waals surface area contributed by atoms with Gasteiger partial charge in [-0.15, -0.1) is 0 Å². The van der Waals surface area contributed by atoms with Gasteiger partial charge in [0.15, 0.2) is 5.82 Å². The van der Waals surface area contributed by atoms with Gasteiger partial charge in [0, 0.05) is 45.0 Å². The molecule has 0 aliphatic carbocycles. The van der Waals surface area contributed by atoms with E-state index in [9.17, 15) is 9.18 Å². The molecule has 2 amide bonds. The zero-order valence-corrected chi connectivity index (χ0v) is 14.8. The third kappa shape index (κ3) is 2.94. The lowest BCUT2D eigenvalue weighted by Gasteiger charge is -2.35. The lowest BCUT2D eigenvalue weighted by atomic mass is 10.2. The van der Waals surface area contributed by atoms with Gasteiger partial charge >= 0.3 is 6.03 Å². The van der Waals surface area contributed by atoms with Gasteiger partial charge in [0.2, 0.25) is 0 Å². The number of amides is 2. The summed E-state index contributed by atoms with van der Waals surface area (Å²) in [6.07, 6.45) is 2.89. The lowest BCUT2D eigenvalue weighted by Crippen LogP contribution is -2.52. The second-order valence-corrected chi connectivity index (χ2v) is 6.54. The smallest absolute Gasteiger partial charge is 0.317 e. The van der Waals surface area contributed by atoms with Gasteiger partial charge in [0.05, 0.1) is 16.6 Å². The third-order valence-corrected chi connectivity index (χ3v) is 4.79. The van der Waals surface area contributed by atoms with Crippen LogP contribution in [-0.4, -0.2) is 53.0 Å². The van der Waals surface area contributed by atoms with E-state index in [1.807, 2.05) is 34.6 Å². The Morgan fingerprint density at radius 2 is 2.00 bits per heavy atom. The Hall–Kier alpha value is -2.83. The summed E-state index contributed by atoms with van der Waals surface area (Å²) in [5.41, 5.74) is 2.51. The number of nitrogens with one attached hydrogen (secondary N) is 1. The minimum Gasteiger partial charge on any atom is -0.351 e. The van der Waals surface area contributed by atoms with E-state index >= 15 is 0 Å². The number of fused-ring (bicyclic) bond motifs is 3. The number of aromatic nitrogens is 2. The summed E-state index contributed by atoms with van der Waals surface area (Å²) in [6, 6.07) is 8.66. The van der Waals surface area contributed by atoms with E-state index < -0.39 is 0 Å². The summed E-state index contributed by atoms with van der Waals surface area (Å²) in [7, 11) is 0. The molecule has 1 fully saturated rings. The number of hydrogen-bond acceptors (Lipinski definition) is 3. The molecular weight excluding hydrogens is 333 g/mol. The van der Waals surface area contributed by atoms with E-state index in [0.717, 1.165) is 23.3 Å². The average Bonchev–Trinajstić information content (AvgIpc) is 3.15. The maximum Gasteiger partial charge on any atom is 0.317 e. The zero-order chi connectivity index (χ0) is 18.1. The number of benzene rings is 1. The van der Waals surface area contributed by atoms with Crippen molar-refractivity contribution in [1.82, 2.24) is 19.6 Å². The summed E-state index contributed by atoms with van der Waals surface area (Å²) >= 11 is 0. The van der Waals surface area contributed by atoms with Crippen molar-refractivity contribution in [2.24, 2.45) is 0 Å². The molecule has 6 nitrogen and oxygen atoms in total. The van der Waals surface area contributed by atoms with Gasteiger partial charge in [-0.05, 0) is 30.7 Å². The molecule has 26 heavy (non-hydrogen) atoms. The molecule has 0 atom stereocenters. The van der Waals surface area contributed by atoms with Gasteiger partial charge < -0.3 is 19.5 Å². The Bertz CT molecular complexity index is 946. The van der Waals surface area contributed by atoms with Crippen LogP contribution in [-0.2, 0) is 0 Å². The minimum absolute atomic E-state index is 0.00660. The van der Waals surface area contributed by atoms with E-state index in [2.05, 4.69) is 10.2 Å². The van der Waals surface area contributed by atoms with Crippen molar-refractivity contribution in [1.29, 1.82) is 0 Å². The molecule has 1 aromatic carbocycles. The van der Waals surface area contributed by atoms with Crippen LogP contribution in [0.15, 0.2) is 36.5 Å². The summed E-state index contributed by atoms with van der Waals surface area (Å²) in [4.78, 5) is 20.8. The number of carbonyl (C=O) groups excluding carboxylic acids is 1. The van der Waals surface area contributed by atoms with Crippen LogP contribution in [0.3, 0.4) is 0 Å². The van der Waals surface area contributed by atoms with Crippen molar-refractivity contribution in [3.63, 3.8) is 0 Å². The van der Waals surface area contributed by atoms with E-state index in [4.69, 9.17) is 4.98 Å². The Labute approximate surface area is 151 Å². The highest BCUT2D eigenvalue weighted by molar-refractivity contribution is 5.85. The molecule has 136 valence electrons. The molecule has 3 aromatic rings. The monoisotopic (exact) mass is 355 g/mol. The Morgan fingerprint density at radius 1 is 1.19 bits per heavy atom. The van der Waals surface area contributed by atoms with Crippen LogP contribution in [0.2, 0.25) is 0 Å². The first-order valence-corrected chi connectivity index (χ1v) is 9.01. The van der Waals surface area contributed by atoms with E-state index in [-0.39, 0.29) is 11.8 Å². The maximum atomic E-state index is 13.7. The normalized spacial score (nSPS) is 15.0. The minimum atomic E-state index is -0.292. The van der Waals surface area contributed by atoms with Gasteiger partial charge in [-0.25, -0.2) is 14.2 Å². The fourth-order valence-corrected chi connectivity index (χ4v) is 3.43. The predicted octanol–water partition coefficient (Wildman–Crippen LogP) is 2.87. The quantitative estimate of drug-likeness (QED) is 0.786. The third-order valence-electron chi connectivity index (χ3n) is 4.79. The molecule has 0 unspecified atom stereocenters. The van der Waals surface area contributed by atoms with Gasteiger partial charge in [-0.3, -0.25) is 0 Å². The van der Waals surface area contributed by atoms with Crippen molar-refractivity contribution in [2.75, 3.05) is 37.6 Å². The number of rotatable bonds is 3. The average molecular weight is 355 g/mol. The van der Waals surface area contributed by atoms with Crippen molar-refractivity contribution in [3.8, 4) is 0 Å². The van der Waals surface area contributed by atoms with Crippen LogP contribution in [0.1, 0.15) is 13.3 Å².